The van der Waals surface area contributed by atoms with Crippen molar-refractivity contribution in [2.24, 2.45) is 5.92 Å². The molecule has 1 aromatic carbocycles. The van der Waals surface area contributed by atoms with Gasteiger partial charge >= 0.3 is 0 Å². The quantitative estimate of drug-likeness (QED) is 0.770. The number of piperazine rings is 1. The molecule has 1 fully saturated rings. The highest BCUT2D eigenvalue weighted by molar-refractivity contribution is 7.89. The molecule has 3 rings (SSSR count). The molecule has 1 amide bonds. The van der Waals surface area contributed by atoms with Gasteiger partial charge in [0.1, 0.15) is 4.90 Å². The summed E-state index contributed by atoms with van der Waals surface area (Å²) in [5, 5.41) is 0.227. The Labute approximate surface area is 147 Å². The average Bonchev–Trinajstić information content (AvgIpc) is 2.62. The van der Waals surface area contributed by atoms with Crippen LogP contribution in [0.3, 0.4) is 0 Å². The number of amides is 1. The van der Waals surface area contributed by atoms with Gasteiger partial charge in [-0.15, -0.1) is 0 Å². The van der Waals surface area contributed by atoms with Crippen molar-refractivity contribution >= 4 is 27.5 Å². The molecule has 0 N–H and O–H groups in total. The summed E-state index contributed by atoms with van der Waals surface area (Å²) in [6, 6.07) is 6.46. The highest BCUT2D eigenvalue weighted by atomic mass is 35.5. The Kier molecular flexibility index (Phi) is 5.27. The van der Waals surface area contributed by atoms with Crippen LogP contribution in [0.25, 0.3) is 0 Å². The summed E-state index contributed by atoms with van der Waals surface area (Å²) in [5.74, 6) is 0.191. The second kappa shape index (κ2) is 7.25. The van der Waals surface area contributed by atoms with Crippen LogP contribution in [0.2, 0.25) is 5.02 Å². The molecule has 2 aliphatic rings. The fourth-order valence-electron chi connectivity index (χ4n) is 3.22. The molecule has 24 heavy (non-hydrogen) atoms. The van der Waals surface area contributed by atoms with Gasteiger partial charge in [0.25, 0.3) is 0 Å². The number of nitrogens with zero attached hydrogens (tertiary/aromatic N) is 2. The van der Waals surface area contributed by atoms with E-state index in [1.165, 1.54) is 10.4 Å². The zero-order valence-corrected chi connectivity index (χ0v) is 15.0. The first-order valence-electron chi connectivity index (χ1n) is 8.18. The number of hydrogen-bond donors (Lipinski definition) is 0. The lowest BCUT2D eigenvalue weighted by atomic mass is 9.93. The van der Waals surface area contributed by atoms with Crippen LogP contribution in [0.5, 0.6) is 0 Å². The first kappa shape index (κ1) is 17.5. The summed E-state index contributed by atoms with van der Waals surface area (Å²) in [5.41, 5.74) is 0. The number of hydrogen-bond acceptors (Lipinski definition) is 3. The number of carbonyl (C=O) groups is 1. The van der Waals surface area contributed by atoms with E-state index in [-0.39, 0.29) is 21.7 Å². The van der Waals surface area contributed by atoms with E-state index in [0.717, 1.165) is 19.3 Å². The number of halogens is 1. The van der Waals surface area contributed by atoms with E-state index in [2.05, 4.69) is 12.2 Å². The van der Waals surface area contributed by atoms with Crippen LogP contribution in [0.1, 0.15) is 19.3 Å². The maximum absolute atomic E-state index is 12.7. The Hall–Kier alpha value is -1.37. The Morgan fingerprint density at radius 2 is 1.79 bits per heavy atom. The molecule has 0 spiro atoms. The molecule has 0 aromatic heterocycles. The van der Waals surface area contributed by atoms with Gasteiger partial charge < -0.3 is 4.90 Å². The predicted octanol–water partition coefficient (Wildman–Crippen LogP) is 2.53. The molecule has 1 unspecified atom stereocenters. The predicted molar refractivity (Wildman–Crippen MR) is 93.3 cm³/mol. The maximum Gasteiger partial charge on any atom is 0.244 e. The number of rotatable bonds is 3. The first-order valence-corrected chi connectivity index (χ1v) is 10.0. The normalized spacial score (nSPS) is 22.5. The third-order valence-corrected chi connectivity index (χ3v) is 7.02. The van der Waals surface area contributed by atoms with Gasteiger partial charge in [0.2, 0.25) is 15.9 Å². The van der Waals surface area contributed by atoms with Gasteiger partial charge in [0.15, 0.2) is 0 Å². The fraction of sp³-hybridized carbons (Fsp3) is 0.471. The average molecular weight is 369 g/mol. The van der Waals surface area contributed by atoms with Gasteiger partial charge in [-0.25, -0.2) is 8.42 Å². The third kappa shape index (κ3) is 3.50. The highest BCUT2D eigenvalue weighted by Gasteiger charge is 2.33. The molecule has 0 radical (unpaired) electrons. The van der Waals surface area contributed by atoms with E-state index in [1.54, 1.807) is 23.1 Å². The molecule has 0 saturated carbocycles. The van der Waals surface area contributed by atoms with Crippen LogP contribution in [-0.4, -0.2) is 49.7 Å². The van der Waals surface area contributed by atoms with Gasteiger partial charge in [-0.3, -0.25) is 4.79 Å². The monoisotopic (exact) mass is 368 g/mol. The van der Waals surface area contributed by atoms with Gasteiger partial charge in [-0.1, -0.05) is 35.9 Å². The molecule has 1 saturated heterocycles. The summed E-state index contributed by atoms with van der Waals surface area (Å²) in [4.78, 5) is 14.5. The van der Waals surface area contributed by atoms with Gasteiger partial charge in [-0.2, -0.15) is 4.31 Å². The molecular formula is C17H21ClN2O3S. The number of benzene rings is 1. The number of carbonyl (C=O) groups excluding carboxylic acids is 1. The van der Waals surface area contributed by atoms with Crippen molar-refractivity contribution in [3.8, 4) is 0 Å². The molecule has 1 aromatic rings. The van der Waals surface area contributed by atoms with Crippen LogP contribution < -0.4 is 0 Å². The highest BCUT2D eigenvalue weighted by Crippen LogP contribution is 2.26. The van der Waals surface area contributed by atoms with Crippen LogP contribution in [0, 0.1) is 5.92 Å². The fourth-order valence-corrected chi connectivity index (χ4v) is 5.13. The largest absolute Gasteiger partial charge is 0.340 e. The molecule has 1 aliphatic heterocycles. The van der Waals surface area contributed by atoms with Crippen molar-refractivity contribution in [2.75, 3.05) is 26.2 Å². The summed E-state index contributed by atoms with van der Waals surface area (Å²) in [6.07, 6.45) is 6.78. The lowest BCUT2D eigenvalue weighted by molar-refractivity contribution is -0.137. The molecule has 1 atom stereocenters. The van der Waals surface area contributed by atoms with Gasteiger partial charge in [-0.05, 0) is 31.4 Å². The Balaban J connectivity index is 1.65. The van der Waals surface area contributed by atoms with Crippen LogP contribution in [0.15, 0.2) is 41.3 Å². The third-order valence-electron chi connectivity index (χ3n) is 4.62. The minimum atomic E-state index is -3.61. The van der Waals surface area contributed by atoms with Gasteiger partial charge in [0, 0.05) is 32.1 Å². The van der Waals surface area contributed by atoms with Crippen LogP contribution in [-0.2, 0) is 14.8 Å². The van der Waals surface area contributed by atoms with Crippen LogP contribution >= 0.6 is 11.6 Å². The molecule has 1 aliphatic carbocycles. The number of allylic oxidation sites excluding steroid dienone is 2. The smallest absolute Gasteiger partial charge is 0.244 e. The molecule has 0 bridgehead atoms. The van der Waals surface area contributed by atoms with Crippen molar-refractivity contribution < 1.29 is 13.2 Å². The van der Waals surface area contributed by atoms with Crippen LogP contribution in [0.4, 0.5) is 0 Å². The van der Waals surface area contributed by atoms with E-state index in [4.69, 9.17) is 11.6 Å². The maximum atomic E-state index is 12.7. The number of sulfonamides is 1. The molecule has 5 nitrogen and oxygen atoms in total. The minimum absolute atomic E-state index is 0.0433. The zero-order valence-electron chi connectivity index (χ0n) is 13.4. The van der Waals surface area contributed by atoms with E-state index < -0.39 is 10.0 Å². The van der Waals surface area contributed by atoms with Crippen molar-refractivity contribution in [3.05, 3.63) is 41.4 Å². The van der Waals surface area contributed by atoms with Crippen molar-refractivity contribution in [2.45, 2.75) is 24.2 Å². The lowest BCUT2D eigenvalue weighted by Gasteiger charge is -2.36. The second-order valence-corrected chi connectivity index (χ2v) is 8.45. The van der Waals surface area contributed by atoms with Crippen molar-refractivity contribution in [1.29, 1.82) is 0 Å². The minimum Gasteiger partial charge on any atom is -0.340 e. The molecule has 1 heterocycles. The van der Waals surface area contributed by atoms with Crippen molar-refractivity contribution in [1.82, 2.24) is 9.21 Å². The Morgan fingerprint density at radius 1 is 1.08 bits per heavy atom. The summed E-state index contributed by atoms with van der Waals surface area (Å²) >= 11 is 6.03. The summed E-state index contributed by atoms with van der Waals surface area (Å²) < 4.78 is 26.8. The van der Waals surface area contributed by atoms with Crippen molar-refractivity contribution in [3.63, 3.8) is 0 Å². The van der Waals surface area contributed by atoms with E-state index >= 15 is 0 Å². The summed E-state index contributed by atoms with van der Waals surface area (Å²) in [7, 11) is -3.61. The molecular weight excluding hydrogens is 348 g/mol. The van der Waals surface area contributed by atoms with E-state index in [0.29, 0.717) is 26.2 Å². The zero-order chi connectivity index (χ0) is 17.2. The standard InChI is InChI=1S/C17H21ClN2O3S/c18-15-8-4-5-9-16(15)24(22,23)20-12-10-19(11-13-20)17(21)14-6-2-1-3-7-14/h1-2,4-5,8-9,14H,3,6-7,10-13H2. The SMILES string of the molecule is O=C(C1CC=CCC1)N1CCN(S(=O)(=O)c2ccccc2Cl)CC1. The molecule has 7 heteroatoms. The second-order valence-electron chi connectivity index (χ2n) is 6.14. The van der Waals surface area contributed by atoms with E-state index in [1.807, 2.05) is 0 Å². The Morgan fingerprint density at radius 3 is 2.42 bits per heavy atom. The molecule has 130 valence electrons. The summed E-state index contributed by atoms with van der Waals surface area (Å²) in [6.45, 7) is 1.48. The lowest BCUT2D eigenvalue weighted by Crippen LogP contribution is -2.52. The van der Waals surface area contributed by atoms with E-state index in [9.17, 15) is 13.2 Å². The van der Waals surface area contributed by atoms with Gasteiger partial charge in [0.05, 0.1) is 5.02 Å². The topological polar surface area (TPSA) is 57.7 Å². The first-order chi connectivity index (χ1) is 11.5. The Bertz CT molecular complexity index is 740.